The Morgan fingerprint density at radius 2 is 1.74 bits per heavy atom. The molecular weight excluding hydrogens is 342 g/mol. The largest absolute Gasteiger partial charge is 0.465 e. The van der Waals surface area contributed by atoms with Crippen molar-refractivity contribution in [2.75, 3.05) is 17.7 Å². The van der Waals surface area contributed by atoms with Gasteiger partial charge in [0.15, 0.2) is 0 Å². The van der Waals surface area contributed by atoms with E-state index < -0.39 is 11.9 Å². The van der Waals surface area contributed by atoms with Gasteiger partial charge in [-0.15, -0.1) is 0 Å². The van der Waals surface area contributed by atoms with Crippen LogP contribution in [0.3, 0.4) is 0 Å². The fourth-order valence-electron chi connectivity index (χ4n) is 2.77. The number of hydrogen-bond donors (Lipinski definition) is 2. The number of benzene rings is 2. The third kappa shape index (κ3) is 4.73. The van der Waals surface area contributed by atoms with Gasteiger partial charge in [-0.3, -0.25) is 4.79 Å². The molecule has 0 bridgehead atoms. The predicted molar refractivity (Wildman–Crippen MR) is 104 cm³/mol. The highest BCUT2D eigenvalue weighted by Gasteiger charge is 2.16. The number of aryl methyl sites for hydroxylation is 3. The highest BCUT2D eigenvalue weighted by molar-refractivity contribution is 6.09. The fourth-order valence-corrected chi connectivity index (χ4v) is 2.77. The van der Waals surface area contributed by atoms with Crippen LogP contribution >= 0.6 is 0 Å². The van der Waals surface area contributed by atoms with Gasteiger partial charge in [0.05, 0.1) is 18.4 Å². The van der Waals surface area contributed by atoms with E-state index in [1.807, 2.05) is 39.0 Å². The summed E-state index contributed by atoms with van der Waals surface area (Å²) >= 11 is 0. The van der Waals surface area contributed by atoms with E-state index in [1.54, 1.807) is 18.2 Å². The van der Waals surface area contributed by atoms with Gasteiger partial charge in [-0.1, -0.05) is 29.8 Å². The summed E-state index contributed by atoms with van der Waals surface area (Å²) in [5.74, 6) is -1.19. The van der Waals surface area contributed by atoms with Crippen molar-refractivity contribution in [1.82, 2.24) is 0 Å². The molecule has 2 aromatic rings. The first-order chi connectivity index (χ1) is 12.9. The van der Waals surface area contributed by atoms with Gasteiger partial charge >= 0.3 is 5.97 Å². The molecule has 27 heavy (non-hydrogen) atoms. The summed E-state index contributed by atoms with van der Waals surface area (Å²) in [6.07, 6.45) is 1.36. The fraction of sp³-hybridized carbons (Fsp3) is 0.190. The molecule has 2 aromatic carbocycles. The van der Waals surface area contributed by atoms with Gasteiger partial charge in [0, 0.05) is 11.9 Å². The van der Waals surface area contributed by atoms with Crippen LogP contribution in [0.2, 0.25) is 0 Å². The Hall–Kier alpha value is -3.59. The van der Waals surface area contributed by atoms with Crippen molar-refractivity contribution in [2.24, 2.45) is 0 Å². The molecule has 6 nitrogen and oxygen atoms in total. The van der Waals surface area contributed by atoms with E-state index >= 15 is 0 Å². The first-order valence-electron chi connectivity index (χ1n) is 8.30. The Labute approximate surface area is 158 Å². The number of carbonyl (C=O) groups is 2. The smallest absolute Gasteiger partial charge is 0.339 e. The van der Waals surface area contributed by atoms with Crippen molar-refractivity contribution < 1.29 is 14.3 Å². The minimum absolute atomic E-state index is 0.117. The van der Waals surface area contributed by atoms with Crippen LogP contribution in [0.25, 0.3) is 0 Å². The van der Waals surface area contributed by atoms with Crippen molar-refractivity contribution in [1.29, 1.82) is 5.26 Å². The zero-order chi connectivity index (χ0) is 20.0. The molecule has 0 aliphatic heterocycles. The van der Waals surface area contributed by atoms with Gasteiger partial charge in [-0.05, 0) is 44.0 Å². The zero-order valence-corrected chi connectivity index (χ0v) is 15.7. The Kier molecular flexibility index (Phi) is 6.34. The van der Waals surface area contributed by atoms with E-state index in [9.17, 15) is 14.9 Å². The Morgan fingerprint density at radius 3 is 2.33 bits per heavy atom. The number of esters is 1. The number of ether oxygens (including phenoxy) is 1. The minimum Gasteiger partial charge on any atom is -0.465 e. The van der Waals surface area contributed by atoms with E-state index in [-0.39, 0.29) is 16.8 Å². The van der Waals surface area contributed by atoms with Gasteiger partial charge < -0.3 is 15.4 Å². The minimum atomic E-state index is -0.622. The lowest BCUT2D eigenvalue weighted by Gasteiger charge is -2.12. The first-order valence-corrected chi connectivity index (χ1v) is 8.30. The molecule has 0 aromatic heterocycles. The molecule has 0 aliphatic carbocycles. The highest BCUT2D eigenvalue weighted by Crippen LogP contribution is 2.22. The Bertz CT molecular complexity index is 932. The number of nitriles is 1. The molecule has 138 valence electrons. The van der Waals surface area contributed by atoms with Gasteiger partial charge in [-0.25, -0.2) is 4.79 Å². The summed E-state index contributed by atoms with van der Waals surface area (Å²) in [6.45, 7) is 5.91. The number of hydrogen-bond acceptors (Lipinski definition) is 5. The number of nitrogens with one attached hydrogen (secondary N) is 2. The summed E-state index contributed by atoms with van der Waals surface area (Å²) in [5, 5.41) is 15.0. The number of carbonyl (C=O) groups excluding carboxylic acids is 2. The molecule has 2 N–H and O–H groups in total. The average Bonchev–Trinajstić information content (AvgIpc) is 2.63. The standard InChI is InChI=1S/C21H21N3O3/c1-13-9-14(2)19(15(3)10-13)23-12-16(11-22)20(25)24-18-8-6-5-7-17(18)21(26)27-4/h5-10,12,23H,1-4H3,(H,24,25)/b16-12-. The molecule has 0 aliphatic rings. The summed E-state index contributed by atoms with van der Waals surface area (Å²) in [6, 6.07) is 12.3. The molecule has 6 heteroatoms. The van der Waals surface area contributed by atoms with Crippen LogP contribution in [0, 0.1) is 32.1 Å². The van der Waals surface area contributed by atoms with E-state index in [2.05, 4.69) is 10.6 Å². The third-order valence-electron chi connectivity index (χ3n) is 3.98. The van der Waals surface area contributed by atoms with Gasteiger partial charge in [-0.2, -0.15) is 5.26 Å². The second-order valence-corrected chi connectivity index (χ2v) is 6.08. The maximum atomic E-state index is 12.5. The van der Waals surface area contributed by atoms with Gasteiger partial charge in [0.2, 0.25) is 0 Å². The maximum Gasteiger partial charge on any atom is 0.339 e. The van der Waals surface area contributed by atoms with Crippen LogP contribution in [0.1, 0.15) is 27.0 Å². The van der Waals surface area contributed by atoms with Crippen molar-refractivity contribution in [3.05, 3.63) is 70.4 Å². The molecule has 0 saturated carbocycles. The van der Waals surface area contributed by atoms with E-state index in [0.717, 1.165) is 22.4 Å². The number of anilines is 2. The molecule has 0 spiro atoms. The van der Waals surface area contributed by atoms with E-state index in [1.165, 1.54) is 19.4 Å². The number of nitrogens with zero attached hydrogens (tertiary/aromatic N) is 1. The molecule has 0 heterocycles. The molecule has 0 unspecified atom stereocenters. The normalized spacial score (nSPS) is 10.7. The quantitative estimate of drug-likeness (QED) is 0.478. The van der Waals surface area contributed by atoms with Crippen molar-refractivity contribution >= 4 is 23.3 Å². The third-order valence-corrected chi connectivity index (χ3v) is 3.98. The maximum absolute atomic E-state index is 12.5. The molecule has 2 rings (SSSR count). The van der Waals surface area contributed by atoms with Crippen molar-refractivity contribution in [3.63, 3.8) is 0 Å². The van der Waals surface area contributed by atoms with E-state index in [4.69, 9.17) is 4.74 Å². The Balaban J connectivity index is 2.24. The average molecular weight is 363 g/mol. The summed E-state index contributed by atoms with van der Waals surface area (Å²) in [7, 11) is 1.26. The van der Waals surface area contributed by atoms with Crippen LogP contribution in [-0.4, -0.2) is 19.0 Å². The summed E-state index contributed by atoms with van der Waals surface area (Å²) in [4.78, 5) is 24.3. The van der Waals surface area contributed by atoms with Crippen LogP contribution < -0.4 is 10.6 Å². The lowest BCUT2D eigenvalue weighted by Crippen LogP contribution is -2.17. The number of amides is 1. The lowest BCUT2D eigenvalue weighted by molar-refractivity contribution is -0.112. The first kappa shape index (κ1) is 19.7. The molecule has 0 atom stereocenters. The Morgan fingerprint density at radius 1 is 1.11 bits per heavy atom. The lowest BCUT2D eigenvalue weighted by atomic mass is 10.1. The number of para-hydroxylation sites is 1. The second-order valence-electron chi connectivity index (χ2n) is 6.08. The molecular formula is C21H21N3O3. The van der Waals surface area contributed by atoms with Crippen LogP contribution in [0.4, 0.5) is 11.4 Å². The van der Waals surface area contributed by atoms with Crippen molar-refractivity contribution in [3.8, 4) is 6.07 Å². The summed E-state index contributed by atoms with van der Waals surface area (Å²) < 4.78 is 4.70. The van der Waals surface area contributed by atoms with Crippen LogP contribution in [0.15, 0.2) is 48.2 Å². The predicted octanol–water partition coefficient (Wildman–Crippen LogP) is 3.86. The topological polar surface area (TPSA) is 91.2 Å². The molecule has 0 saturated heterocycles. The van der Waals surface area contributed by atoms with Crippen LogP contribution in [-0.2, 0) is 9.53 Å². The molecule has 1 amide bonds. The molecule has 0 fully saturated rings. The van der Waals surface area contributed by atoms with E-state index in [0.29, 0.717) is 0 Å². The van der Waals surface area contributed by atoms with Crippen molar-refractivity contribution in [2.45, 2.75) is 20.8 Å². The highest BCUT2D eigenvalue weighted by atomic mass is 16.5. The molecule has 0 radical (unpaired) electrons. The number of methoxy groups -OCH3 is 1. The number of rotatable bonds is 5. The monoisotopic (exact) mass is 363 g/mol. The van der Waals surface area contributed by atoms with Gasteiger partial charge in [0.1, 0.15) is 11.6 Å². The second kappa shape index (κ2) is 8.68. The van der Waals surface area contributed by atoms with Gasteiger partial charge in [0.25, 0.3) is 5.91 Å². The van der Waals surface area contributed by atoms with Crippen LogP contribution in [0.5, 0.6) is 0 Å². The summed E-state index contributed by atoms with van der Waals surface area (Å²) in [5.41, 5.74) is 4.37. The zero-order valence-electron chi connectivity index (χ0n) is 15.7. The SMILES string of the molecule is COC(=O)c1ccccc1NC(=O)/C(C#N)=C\Nc1c(C)cc(C)cc1C.